The van der Waals surface area contributed by atoms with Gasteiger partial charge < -0.3 is 0 Å². The van der Waals surface area contributed by atoms with Crippen molar-refractivity contribution in [2.24, 2.45) is 14.1 Å². The van der Waals surface area contributed by atoms with Gasteiger partial charge in [0.15, 0.2) is 0 Å². The van der Waals surface area contributed by atoms with E-state index in [4.69, 9.17) is 11.6 Å². The summed E-state index contributed by atoms with van der Waals surface area (Å²) in [5.74, 6) is -0.521. The molecule has 1 N–H and O–H groups in total. The molecular formula is C16H15ClFN3O3S. The summed E-state index contributed by atoms with van der Waals surface area (Å²) in [7, 11) is -0.947. The van der Waals surface area contributed by atoms with E-state index in [1.807, 2.05) is 0 Å². The average Bonchev–Trinajstić information content (AvgIpc) is 2.74. The molecule has 3 rings (SSSR count). The zero-order chi connectivity index (χ0) is 18.5. The van der Waals surface area contributed by atoms with Crippen LogP contribution in [0.15, 0.2) is 40.0 Å². The Kier molecular flexibility index (Phi) is 4.12. The standard InChI is InChI=1S/C16H15ClFN3O3S/c1-9-4-5-10(6-12(9)18)19-25(23,24)15-8-14-13(7-11(15)17)20(2)16(22)21(14)3/h4-8,19H,1-3H3. The van der Waals surface area contributed by atoms with Crippen molar-refractivity contribution in [1.82, 2.24) is 9.13 Å². The van der Waals surface area contributed by atoms with Gasteiger partial charge in [0, 0.05) is 14.1 Å². The van der Waals surface area contributed by atoms with Crippen LogP contribution in [0.4, 0.5) is 10.1 Å². The maximum atomic E-state index is 13.6. The molecule has 1 aromatic heterocycles. The first-order valence-corrected chi connectivity index (χ1v) is 9.12. The lowest BCUT2D eigenvalue weighted by Gasteiger charge is -2.11. The first kappa shape index (κ1) is 17.5. The van der Waals surface area contributed by atoms with E-state index in [9.17, 15) is 17.6 Å². The molecule has 0 aliphatic carbocycles. The maximum Gasteiger partial charge on any atom is 0.328 e. The van der Waals surface area contributed by atoms with Crippen molar-refractivity contribution in [2.75, 3.05) is 4.72 Å². The molecule has 0 atom stereocenters. The molecular weight excluding hydrogens is 369 g/mol. The van der Waals surface area contributed by atoms with Crippen molar-refractivity contribution in [3.63, 3.8) is 0 Å². The Morgan fingerprint density at radius 1 is 1.08 bits per heavy atom. The van der Waals surface area contributed by atoms with Gasteiger partial charge in [0.25, 0.3) is 10.0 Å². The highest BCUT2D eigenvalue weighted by Gasteiger charge is 2.22. The molecule has 25 heavy (non-hydrogen) atoms. The lowest BCUT2D eigenvalue weighted by atomic mass is 10.2. The average molecular weight is 384 g/mol. The number of hydrogen-bond acceptors (Lipinski definition) is 3. The second kappa shape index (κ2) is 5.89. The molecule has 0 aliphatic rings. The molecule has 0 unspecified atom stereocenters. The van der Waals surface area contributed by atoms with Gasteiger partial charge in [-0.25, -0.2) is 17.6 Å². The van der Waals surface area contributed by atoms with Gasteiger partial charge in [-0.05, 0) is 36.8 Å². The SMILES string of the molecule is Cc1ccc(NS(=O)(=O)c2cc3c(cc2Cl)n(C)c(=O)n3C)cc1F. The first-order chi connectivity index (χ1) is 11.6. The van der Waals surface area contributed by atoms with Gasteiger partial charge in [0.2, 0.25) is 0 Å². The fraction of sp³-hybridized carbons (Fsp3) is 0.188. The molecule has 6 nitrogen and oxygen atoms in total. The number of anilines is 1. The van der Waals surface area contributed by atoms with Gasteiger partial charge in [-0.2, -0.15) is 0 Å². The Hall–Kier alpha value is -2.32. The molecule has 0 spiro atoms. The zero-order valence-corrected chi connectivity index (χ0v) is 15.2. The summed E-state index contributed by atoms with van der Waals surface area (Å²) in [6.45, 7) is 1.58. The van der Waals surface area contributed by atoms with Crippen LogP contribution in [0.3, 0.4) is 0 Å². The first-order valence-electron chi connectivity index (χ1n) is 7.26. The van der Waals surface area contributed by atoms with Gasteiger partial charge >= 0.3 is 5.69 Å². The second-order valence-corrected chi connectivity index (χ2v) is 7.80. The van der Waals surface area contributed by atoms with Gasteiger partial charge in [0.1, 0.15) is 10.7 Å². The van der Waals surface area contributed by atoms with Crippen molar-refractivity contribution in [3.05, 3.63) is 57.2 Å². The fourth-order valence-corrected chi connectivity index (χ4v) is 4.17. The Morgan fingerprint density at radius 3 is 2.28 bits per heavy atom. The van der Waals surface area contributed by atoms with Crippen LogP contribution in [0.1, 0.15) is 5.56 Å². The number of halogens is 2. The third-order valence-corrected chi connectivity index (χ3v) is 5.89. The van der Waals surface area contributed by atoms with Gasteiger partial charge in [-0.1, -0.05) is 17.7 Å². The van der Waals surface area contributed by atoms with E-state index in [2.05, 4.69) is 4.72 Å². The highest BCUT2D eigenvalue weighted by atomic mass is 35.5. The summed E-state index contributed by atoms with van der Waals surface area (Å²) in [6, 6.07) is 6.77. The topological polar surface area (TPSA) is 73.1 Å². The number of nitrogens with zero attached hydrogens (tertiary/aromatic N) is 2. The molecule has 0 aliphatic heterocycles. The van der Waals surface area contributed by atoms with E-state index in [0.717, 1.165) is 6.07 Å². The Morgan fingerprint density at radius 2 is 1.68 bits per heavy atom. The van der Waals surface area contributed by atoms with Crippen molar-refractivity contribution in [1.29, 1.82) is 0 Å². The molecule has 132 valence electrons. The van der Waals surface area contributed by atoms with E-state index in [-0.39, 0.29) is 21.3 Å². The van der Waals surface area contributed by atoms with Gasteiger partial charge in [-0.15, -0.1) is 0 Å². The fourth-order valence-electron chi connectivity index (χ4n) is 2.57. The number of benzene rings is 2. The third kappa shape index (κ3) is 2.91. The number of aryl methyl sites for hydroxylation is 3. The summed E-state index contributed by atoms with van der Waals surface area (Å²) >= 11 is 6.13. The van der Waals surface area contributed by atoms with Crippen molar-refractivity contribution < 1.29 is 12.8 Å². The van der Waals surface area contributed by atoms with E-state index >= 15 is 0 Å². The van der Waals surface area contributed by atoms with E-state index in [0.29, 0.717) is 16.6 Å². The number of fused-ring (bicyclic) bond motifs is 1. The molecule has 1 heterocycles. The highest BCUT2D eigenvalue weighted by molar-refractivity contribution is 7.92. The van der Waals surface area contributed by atoms with Gasteiger partial charge in [-0.3, -0.25) is 13.9 Å². The van der Waals surface area contributed by atoms with Crippen LogP contribution < -0.4 is 10.4 Å². The van der Waals surface area contributed by atoms with Crippen LogP contribution >= 0.6 is 11.6 Å². The van der Waals surface area contributed by atoms with E-state index < -0.39 is 15.8 Å². The molecule has 0 fully saturated rings. The van der Waals surface area contributed by atoms with Gasteiger partial charge in [0.05, 0.1) is 21.7 Å². The molecule has 0 amide bonds. The van der Waals surface area contributed by atoms with E-state index in [1.54, 1.807) is 14.0 Å². The minimum Gasteiger partial charge on any atom is -0.295 e. The summed E-state index contributed by atoms with van der Waals surface area (Å²) in [5.41, 5.74) is 1.13. The highest BCUT2D eigenvalue weighted by Crippen LogP contribution is 2.28. The van der Waals surface area contributed by atoms with Crippen molar-refractivity contribution in [3.8, 4) is 0 Å². The smallest absolute Gasteiger partial charge is 0.295 e. The maximum absolute atomic E-state index is 13.6. The normalized spacial score (nSPS) is 11.9. The Bertz CT molecular complexity index is 1170. The number of nitrogens with one attached hydrogen (secondary N) is 1. The van der Waals surface area contributed by atoms with E-state index in [1.165, 1.54) is 40.4 Å². The number of rotatable bonds is 3. The number of hydrogen-bond donors (Lipinski definition) is 1. The molecule has 0 saturated carbocycles. The molecule has 3 aromatic rings. The largest absolute Gasteiger partial charge is 0.328 e. The summed E-state index contributed by atoms with van der Waals surface area (Å²) in [5, 5.41) is -0.0335. The molecule has 2 aromatic carbocycles. The van der Waals surface area contributed by atoms with Crippen molar-refractivity contribution >= 4 is 38.3 Å². The molecule has 0 radical (unpaired) electrons. The number of imidazole rings is 1. The molecule has 9 heteroatoms. The third-order valence-electron chi connectivity index (χ3n) is 4.04. The molecule has 0 bridgehead atoms. The lowest BCUT2D eigenvalue weighted by Crippen LogP contribution is -2.19. The summed E-state index contributed by atoms with van der Waals surface area (Å²) in [4.78, 5) is 11.8. The number of sulfonamides is 1. The predicted molar refractivity (Wildman–Crippen MR) is 95.1 cm³/mol. The van der Waals surface area contributed by atoms with Crippen LogP contribution in [-0.2, 0) is 24.1 Å². The predicted octanol–water partition coefficient (Wildman–Crippen LogP) is 2.78. The van der Waals surface area contributed by atoms with Crippen LogP contribution in [0.25, 0.3) is 11.0 Å². The Balaban J connectivity index is 2.13. The second-order valence-electron chi connectivity index (χ2n) is 5.74. The van der Waals surface area contributed by atoms with Crippen LogP contribution in [0.2, 0.25) is 5.02 Å². The molecule has 0 saturated heterocycles. The zero-order valence-electron chi connectivity index (χ0n) is 13.7. The number of aromatic nitrogens is 2. The van der Waals surface area contributed by atoms with Crippen LogP contribution in [-0.4, -0.2) is 17.6 Å². The van der Waals surface area contributed by atoms with Crippen molar-refractivity contribution in [2.45, 2.75) is 11.8 Å². The monoisotopic (exact) mass is 383 g/mol. The summed E-state index contributed by atoms with van der Waals surface area (Å²) < 4.78 is 44.0. The quantitative estimate of drug-likeness (QED) is 0.755. The van der Waals surface area contributed by atoms with Crippen LogP contribution in [0, 0.1) is 12.7 Å². The van der Waals surface area contributed by atoms with Crippen LogP contribution in [0.5, 0.6) is 0 Å². The minimum absolute atomic E-state index is 0.0335. The Labute approximate surface area is 148 Å². The lowest BCUT2D eigenvalue weighted by molar-refractivity contribution is 0.601. The minimum atomic E-state index is -4.06. The summed E-state index contributed by atoms with van der Waals surface area (Å²) in [6.07, 6.45) is 0.